The van der Waals surface area contributed by atoms with Gasteiger partial charge in [-0.05, 0) is 12.1 Å². The van der Waals surface area contributed by atoms with Gasteiger partial charge in [-0.25, -0.2) is 0 Å². The molecule has 1 aromatic carbocycles. The summed E-state index contributed by atoms with van der Waals surface area (Å²) < 4.78 is 0. The summed E-state index contributed by atoms with van der Waals surface area (Å²) in [5, 5.41) is 21.5. The van der Waals surface area contributed by atoms with Gasteiger partial charge in [0.2, 0.25) is 0 Å². The van der Waals surface area contributed by atoms with E-state index in [1.165, 1.54) is 31.2 Å². The lowest BCUT2D eigenvalue weighted by atomic mass is 10.1. The SMILES string of the molecule is CC(CNC(=O)c1ccc([N+](=O)[O-])cc1)C(=O)O. The van der Waals surface area contributed by atoms with Crippen LogP contribution in [0.2, 0.25) is 0 Å². The van der Waals surface area contributed by atoms with Gasteiger partial charge in [-0.3, -0.25) is 19.7 Å². The summed E-state index contributed by atoms with van der Waals surface area (Å²) in [6.45, 7) is 1.48. The topological polar surface area (TPSA) is 110 Å². The van der Waals surface area contributed by atoms with Crippen LogP contribution in [0.25, 0.3) is 0 Å². The van der Waals surface area contributed by atoms with E-state index in [1.54, 1.807) is 0 Å². The number of nitro groups is 1. The van der Waals surface area contributed by atoms with Gasteiger partial charge in [-0.1, -0.05) is 6.92 Å². The van der Waals surface area contributed by atoms with Gasteiger partial charge >= 0.3 is 5.97 Å². The van der Waals surface area contributed by atoms with Gasteiger partial charge in [-0.15, -0.1) is 0 Å². The maximum absolute atomic E-state index is 11.6. The number of nitro benzene ring substituents is 1. The van der Waals surface area contributed by atoms with Crippen LogP contribution in [0.5, 0.6) is 0 Å². The molecular weight excluding hydrogens is 240 g/mol. The molecule has 1 aromatic rings. The quantitative estimate of drug-likeness (QED) is 0.601. The first-order chi connectivity index (χ1) is 8.41. The van der Waals surface area contributed by atoms with Crippen molar-refractivity contribution in [1.82, 2.24) is 5.32 Å². The van der Waals surface area contributed by atoms with Crippen molar-refractivity contribution in [3.63, 3.8) is 0 Å². The lowest BCUT2D eigenvalue weighted by molar-refractivity contribution is -0.384. The van der Waals surface area contributed by atoms with E-state index in [1.807, 2.05) is 0 Å². The minimum atomic E-state index is -1.00. The zero-order valence-electron chi connectivity index (χ0n) is 9.62. The van der Waals surface area contributed by atoms with Crippen LogP contribution in [0, 0.1) is 16.0 Å². The van der Waals surface area contributed by atoms with Crippen molar-refractivity contribution < 1.29 is 19.6 Å². The van der Waals surface area contributed by atoms with E-state index in [9.17, 15) is 19.7 Å². The van der Waals surface area contributed by atoms with Crippen LogP contribution in [0.1, 0.15) is 17.3 Å². The molecule has 1 atom stereocenters. The Hall–Kier alpha value is -2.44. The Bertz CT molecular complexity index is 469. The van der Waals surface area contributed by atoms with Crippen molar-refractivity contribution >= 4 is 17.6 Å². The van der Waals surface area contributed by atoms with Crippen molar-refractivity contribution in [2.45, 2.75) is 6.92 Å². The largest absolute Gasteiger partial charge is 0.481 e. The lowest BCUT2D eigenvalue weighted by Gasteiger charge is -2.08. The molecule has 0 aliphatic heterocycles. The molecular formula is C11H12N2O5. The van der Waals surface area contributed by atoms with E-state index in [0.717, 1.165) is 0 Å². The van der Waals surface area contributed by atoms with Gasteiger partial charge in [0.25, 0.3) is 11.6 Å². The van der Waals surface area contributed by atoms with E-state index in [0.29, 0.717) is 0 Å². The van der Waals surface area contributed by atoms with Crippen LogP contribution in [0.3, 0.4) is 0 Å². The predicted octanol–water partition coefficient (Wildman–Crippen LogP) is 1.05. The summed E-state index contributed by atoms with van der Waals surface area (Å²) in [7, 11) is 0. The number of amides is 1. The molecule has 1 unspecified atom stereocenters. The maximum atomic E-state index is 11.6. The fourth-order valence-corrected chi connectivity index (χ4v) is 1.17. The molecule has 0 spiro atoms. The molecule has 0 saturated carbocycles. The number of nitrogens with one attached hydrogen (secondary N) is 1. The number of non-ortho nitro benzene ring substituents is 1. The first-order valence-electron chi connectivity index (χ1n) is 5.17. The van der Waals surface area contributed by atoms with Crippen LogP contribution < -0.4 is 5.32 Å². The first-order valence-corrected chi connectivity index (χ1v) is 5.17. The monoisotopic (exact) mass is 252 g/mol. The average molecular weight is 252 g/mol. The minimum Gasteiger partial charge on any atom is -0.481 e. The van der Waals surface area contributed by atoms with Crippen molar-refractivity contribution in [2.75, 3.05) is 6.54 Å². The Kier molecular flexibility index (Phi) is 4.36. The number of aliphatic carboxylic acids is 1. The molecule has 0 radical (unpaired) electrons. The van der Waals surface area contributed by atoms with Crippen molar-refractivity contribution in [3.05, 3.63) is 39.9 Å². The second kappa shape index (κ2) is 5.76. The minimum absolute atomic E-state index is 0.00511. The molecule has 1 rings (SSSR count). The van der Waals surface area contributed by atoms with E-state index >= 15 is 0 Å². The number of rotatable bonds is 5. The highest BCUT2D eigenvalue weighted by Gasteiger charge is 2.13. The maximum Gasteiger partial charge on any atom is 0.308 e. The molecule has 0 heterocycles. The van der Waals surface area contributed by atoms with Crippen LogP contribution in [-0.2, 0) is 4.79 Å². The Morgan fingerprint density at radius 3 is 2.39 bits per heavy atom. The Labute approximate surface area is 103 Å². The highest BCUT2D eigenvalue weighted by atomic mass is 16.6. The van der Waals surface area contributed by atoms with Crippen molar-refractivity contribution in [2.24, 2.45) is 5.92 Å². The number of hydrogen-bond donors (Lipinski definition) is 2. The van der Waals surface area contributed by atoms with E-state index in [2.05, 4.69) is 5.32 Å². The van der Waals surface area contributed by atoms with Gasteiger partial charge in [0.1, 0.15) is 0 Å². The fourth-order valence-electron chi connectivity index (χ4n) is 1.17. The smallest absolute Gasteiger partial charge is 0.308 e. The summed E-state index contributed by atoms with van der Waals surface area (Å²) >= 11 is 0. The van der Waals surface area contributed by atoms with Crippen LogP contribution >= 0.6 is 0 Å². The van der Waals surface area contributed by atoms with E-state index < -0.39 is 22.7 Å². The molecule has 18 heavy (non-hydrogen) atoms. The van der Waals surface area contributed by atoms with Crippen LogP contribution in [0.4, 0.5) is 5.69 Å². The highest BCUT2D eigenvalue weighted by molar-refractivity contribution is 5.94. The van der Waals surface area contributed by atoms with Gasteiger partial charge in [0, 0.05) is 24.2 Å². The van der Waals surface area contributed by atoms with Gasteiger partial charge < -0.3 is 10.4 Å². The number of benzene rings is 1. The van der Waals surface area contributed by atoms with Gasteiger partial charge in [0.05, 0.1) is 10.8 Å². The number of carbonyl (C=O) groups excluding carboxylic acids is 1. The Morgan fingerprint density at radius 1 is 1.39 bits per heavy atom. The standard InChI is InChI=1S/C11H12N2O5/c1-7(11(15)16)6-12-10(14)8-2-4-9(5-3-8)13(17)18/h2-5,7H,6H2,1H3,(H,12,14)(H,15,16). The molecule has 7 nitrogen and oxygen atoms in total. The van der Waals surface area contributed by atoms with Crippen LogP contribution in [-0.4, -0.2) is 28.5 Å². The number of carboxylic acid groups (broad SMARTS) is 1. The fraction of sp³-hybridized carbons (Fsp3) is 0.273. The average Bonchev–Trinajstić information content (AvgIpc) is 2.35. The normalized spacial score (nSPS) is 11.6. The Morgan fingerprint density at radius 2 is 1.94 bits per heavy atom. The molecule has 2 N–H and O–H groups in total. The molecule has 0 aromatic heterocycles. The van der Waals surface area contributed by atoms with Crippen molar-refractivity contribution in [1.29, 1.82) is 0 Å². The number of nitrogens with zero attached hydrogens (tertiary/aromatic N) is 1. The summed E-state index contributed by atoms with van der Waals surface area (Å²) in [5.74, 6) is -2.15. The molecule has 0 aliphatic rings. The number of hydrogen-bond acceptors (Lipinski definition) is 4. The van der Waals surface area contributed by atoms with Gasteiger partial charge in [0.15, 0.2) is 0 Å². The molecule has 7 heteroatoms. The molecule has 0 saturated heterocycles. The summed E-state index contributed by atoms with van der Waals surface area (Å²) in [6.07, 6.45) is 0. The summed E-state index contributed by atoms with van der Waals surface area (Å²) in [4.78, 5) is 32.0. The van der Waals surface area contributed by atoms with Crippen LogP contribution in [0.15, 0.2) is 24.3 Å². The van der Waals surface area contributed by atoms with Gasteiger partial charge in [-0.2, -0.15) is 0 Å². The number of carboxylic acids is 1. The predicted molar refractivity (Wildman–Crippen MR) is 62.2 cm³/mol. The molecule has 0 bridgehead atoms. The lowest BCUT2D eigenvalue weighted by Crippen LogP contribution is -2.31. The molecule has 1 amide bonds. The third-order valence-corrected chi connectivity index (χ3v) is 2.33. The molecule has 0 fully saturated rings. The van der Waals surface area contributed by atoms with E-state index in [-0.39, 0.29) is 17.8 Å². The third-order valence-electron chi connectivity index (χ3n) is 2.33. The number of carbonyl (C=O) groups is 2. The van der Waals surface area contributed by atoms with E-state index in [4.69, 9.17) is 5.11 Å². The second-order valence-electron chi connectivity index (χ2n) is 3.75. The molecule has 0 aliphatic carbocycles. The highest BCUT2D eigenvalue weighted by Crippen LogP contribution is 2.11. The Balaban J connectivity index is 2.62. The third kappa shape index (κ3) is 3.55. The second-order valence-corrected chi connectivity index (χ2v) is 3.75. The summed E-state index contributed by atoms with van der Waals surface area (Å²) in [5.41, 5.74) is 0.142. The molecule has 96 valence electrons. The summed E-state index contributed by atoms with van der Waals surface area (Å²) in [6, 6.07) is 5.07. The first kappa shape index (κ1) is 13.6. The zero-order valence-corrected chi connectivity index (χ0v) is 9.62. The zero-order chi connectivity index (χ0) is 13.7. The van der Waals surface area contributed by atoms with Crippen molar-refractivity contribution in [3.8, 4) is 0 Å².